The van der Waals surface area contributed by atoms with Crippen LogP contribution in [0.5, 0.6) is 0 Å². The van der Waals surface area contributed by atoms with E-state index in [1.54, 1.807) is 4.68 Å². The second-order valence-electron chi connectivity index (χ2n) is 7.21. The highest BCUT2D eigenvalue weighted by Crippen LogP contribution is 2.15. The fourth-order valence-corrected chi connectivity index (χ4v) is 3.18. The van der Waals surface area contributed by atoms with Gasteiger partial charge in [0.05, 0.1) is 5.69 Å². The van der Waals surface area contributed by atoms with E-state index in [0.29, 0.717) is 11.5 Å². The number of likely N-dealkylation sites (tertiary alicyclic amines) is 1. The molecule has 0 unspecified atom stereocenters. The Morgan fingerprint density at radius 1 is 1.30 bits per heavy atom. The van der Waals surface area contributed by atoms with Crippen LogP contribution in [-0.2, 0) is 0 Å². The molecule has 0 saturated carbocycles. The standard InChI is InChI=1S/C18H28N8O/c1-14-21-22-23-26(14)17-6-4-5-16(13-17)20-18(27)19-15-7-9-25(10-8-15)12-11-24(2)3/h4-6,13,15H,7-12H2,1-3H3,(H2,19,20,27). The van der Waals surface area contributed by atoms with Crippen molar-refractivity contribution in [3.63, 3.8) is 0 Å². The molecule has 9 heteroatoms. The van der Waals surface area contributed by atoms with E-state index >= 15 is 0 Å². The lowest BCUT2D eigenvalue weighted by atomic mass is 10.1. The number of hydrogen-bond acceptors (Lipinski definition) is 6. The lowest BCUT2D eigenvalue weighted by Crippen LogP contribution is -2.47. The zero-order chi connectivity index (χ0) is 19.2. The van der Waals surface area contributed by atoms with Crippen LogP contribution in [0.25, 0.3) is 5.69 Å². The number of hydrogen-bond donors (Lipinski definition) is 2. The van der Waals surface area contributed by atoms with Crippen molar-refractivity contribution in [3.8, 4) is 5.69 Å². The zero-order valence-corrected chi connectivity index (χ0v) is 16.2. The molecular weight excluding hydrogens is 344 g/mol. The Balaban J connectivity index is 1.48. The molecule has 1 aromatic heterocycles. The van der Waals surface area contributed by atoms with E-state index < -0.39 is 0 Å². The molecule has 2 amide bonds. The summed E-state index contributed by atoms with van der Waals surface area (Å²) >= 11 is 0. The van der Waals surface area contributed by atoms with Gasteiger partial charge in [-0.1, -0.05) is 6.07 Å². The highest BCUT2D eigenvalue weighted by Gasteiger charge is 2.20. The minimum atomic E-state index is -0.174. The molecule has 1 fully saturated rings. The number of anilines is 1. The minimum Gasteiger partial charge on any atom is -0.335 e. The summed E-state index contributed by atoms with van der Waals surface area (Å²) in [6.45, 7) is 6.02. The number of nitrogens with one attached hydrogen (secondary N) is 2. The maximum Gasteiger partial charge on any atom is 0.319 e. The van der Waals surface area contributed by atoms with Crippen molar-refractivity contribution < 1.29 is 4.79 Å². The molecule has 27 heavy (non-hydrogen) atoms. The SMILES string of the molecule is Cc1nnnn1-c1cccc(NC(=O)NC2CCN(CCN(C)C)CC2)c1. The number of urea groups is 1. The molecule has 9 nitrogen and oxygen atoms in total. The molecule has 2 N–H and O–H groups in total. The van der Waals surface area contributed by atoms with Crippen LogP contribution in [-0.4, -0.2) is 82.4 Å². The summed E-state index contributed by atoms with van der Waals surface area (Å²) < 4.78 is 1.63. The maximum absolute atomic E-state index is 12.4. The molecule has 2 aromatic rings. The fourth-order valence-electron chi connectivity index (χ4n) is 3.18. The van der Waals surface area contributed by atoms with Crippen molar-refractivity contribution in [3.05, 3.63) is 30.1 Å². The van der Waals surface area contributed by atoms with Gasteiger partial charge in [-0.3, -0.25) is 0 Å². The molecule has 1 aliphatic rings. The highest BCUT2D eigenvalue weighted by molar-refractivity contribution is 5.89. The van der Waals surface area contributed by atoms with Crippen LogP contribution in [0, 0.1) is 6.92 Å². The first-order chi connectivity index (χ1) is 13.0. The molecule has 1 aliphatic heterocycles. The van der Waals surface area contributed by atoms with Crippen molar-refractivity contribution in [1.82, 2.24) is 35.3 Å². The first-order valence-corrected chi connectivity index (χ1v) is 9.31. The third-order valence-corrected chi connectivity index (χ3v) is 4.76. The van der Waals surface area contributed by atoms with E-state index in [9.17, 15) is 4.79 Å². The summed E-state index contributed by atoms with van der Waals surface area (Å²) in [5.74, 6) is 0.692. The van der Waals surface area contributed by atoms with Crippen molar-refractivity contribution in [2.75, 3.05) is 45.6 Å². The molecule has 0 aliphatic carbocycles. The number of carbonyl (C=O) groups excluding carboxylic acids is 1. The number of piperidine rings is 1. The van der Waals surface area contributed by atoms with Crippen LogP contribution >= 0.6 is 0 Å². The van der Waals surface area contributed by atoms with Crippen LogP contribution in [0.1, 0.15) is 18.7 Å². The van der Waals surface area contributed by atoms with Gasteiger partial charge in [0.1, 0.15) is 0 Å². The van der Waals surface area contributed by atoms with E-state index in [-0.39, 0.29) is 12.1 Å². The van der Waals surface area contributed by atoms with E-state index in [4.69, 9.17) is 0 Å². The highest BCUT2D eigenvalue weighted by atomic mass is 16.2. The number of amides is 2. The van der Waals surface area contributed by atoms with Crippen LogP contribution in [0.15, 0.2) is 24.3 Å². The van der Waals surface area contributed by atoms with Gasteiger partial charge in [0.25, 0.3) is 0 Å². The Labute approximate surface area is 159 Å². The molecule has 1 aromatic carbocycles. The molecule has 0 atom stereocenters. The van der Waals surface area contributed by atoms with E-state index in [2.05, 4.69) is 50.1 Å². The van der Waals surface area contributed by atoms with Crippen LogP contribution in [0.4, 0.5) is 10.5 Å². The minimum absolute atomic E-state index is 0.174. The van der Waals surface area contributed by atoms with Gasteiger partial charge < -0.3 is 20.4 Å². The van der Waals surface area contributed by atoms with Gasteiger partial charge in [0.2, 0.25) is 0 Å². The van der Waals surface area contributed by atoms with Crippen molar-refractivity contribution >= 4 is 11.7 Å². The summed E-state index contributed by atoms with van der Waals surface area (Å²) in [5.41, 5.74) is 1.52. The summed E-state index contributed by atoms with van der Waals surface area (Å²) in [6, 6.07) is 7.52. The smallest absolute Gasteiger partial charge is 0.319 e. The topological polar surface area (TPSA) is 91.2 Å². The molecule has 146 valence electrons. The summed E-state index contributed by atoms with van der Waals surface area (Å²) in [6.07, 6.45) is 1.95. The Hall–Kier alpha value is -2.52. The summed E-state index contributed by atoms with van der Waals surface area (Å²) in [5, 5.41) is 17.5. The molecular formula is C18H28N8O. The van der Waals surface area contributed by atoms with Crippen LogP contribution in [0.2, 0.25) is 0 Å². The zero-order valence-electron chi connectivity index (χ0n) is 16.2. The molecule has 3 rings (SSSR count). The first-order valence-electron chi connectivity index (χ1n) is 9.31. The van der Waals surface area contributed by atoms with Gasteiger partial charge in [0.15, 0.2) is 5.82 Å². The number of nitrogens with zero attached hydrogens (tertiary/aromatic N) is 6. The van der Waals surface area contributed by atoms with Gasteiger partial charge in [-0.05, 0) is 62.5 Å². The summed E-state index contributed by atoms with van der Waals surface area (Å²) in [4.78, 5) is 17.0. The van der Waals surface area contributed by atoms with Gasteiger partial charge in [-0.15, -0.1) is 5.10 Å². The predicted octanol–water partition coefficient (Wildman–Crippen LogP) is 1.12. The number of aryl methyl sites for hydroxylation is 1. The lowest BCUT2D eigenvalue weighted by Gasteiger charge is -2.32. The van der Waals surface area contributed by atoms with Crippen molar-refractivity contribution in [2.45, 2.75) is 25.8 Å². The van der Waals surface area contributed by atoms with Crippen LogP contribution in [0.3, 0.4) is 0 Å². The monoisotopic (exact) mass is 372 g/mol. The van der Waals surface area contributed by atoms with Gasteiger partial charge in [0, 0.05) is 37.9 Å². The van der Waals surface area contributed by atoms with Gasteiger partial charge >= 0.3 is 6.03 Å². The average Bonchev–Trinajstić information content (AvgIpc) is 3.07. The predicted molar refractivity (Wildman–Crippen MR) is 104 cm³/mol. The second kappa shape index (κ2) is 8.92. The second-order valence-corrected chi connectivity index (χ2v) is 7.21. The molecule has 0 radical (unpaired) electrons. The van der Waals surface area contributed by atoms with Crippen LogP contribution < -0.4 is 10.6 Å². The normalized spacial score (nSPS) is 15.9. The largest absolute Gasteiger partial charge is 0.335 e. The van der Waals surface area contributed by atoms with Gasteiger partial charge in [-0.25, -0.2) is 4.79 Å². The maximum atomic E-state index is 12.4. The number of likely N-dealkylation sites (N-methyl/N-ethyl adjacent to an activating group) is 1. The van der Waals surface area contributed by atoms with E-state index in [1.807, 2.05) is 31.2 Å². The third kappa shape index (κ3) is 5.48. The Kier molecular flexibility index (Phi) is 6.36. The molecule has 0 bridgehead atoms. The number of carbonyl (C=O) groups is 1. The quantitative estimate of drug-likeness (QED) is 0.790. The van der Waals surface area contributed by atoms with Gasteiger partial charge in [-0.2, -0.15) is 4.68 Å². The van der Waals surface area contributed by atoms with E-state index in [0.717, 1.165) is 44.7 Å². The van der Waals surface area contributed by atoms with Crippen molar-refractivity contribution in [1.29, 1.82) is 0 Å². The average molecular weight is 372 g/mol. The number of tetrazole rings is 1. The summed E-state index contributed by atoms with van der Waals surface area (Å²) in [7, 11) is 4.18. The molecule has 2 heterocycles. The Bertz CT molecular complexity index is 751. The Morgan fingerprint density at radius 3 is 2.74 bits per heavy atom. The third-order valence-electron chi connectivity index (χ3n) is 4.76. The first kappa shape index (κ1) is 19.2. The molecule has 1 saturated heterocycles. The number of benzene rings is 1. The van der Waals surface area contributed by atoms with E-state index in [1.165, 1.54) is 0 Å². The number of rotatable bonds is 6. The fraction of sp³-hybridized carbons (Fsp3) is 0.556. The molecule has 0 spiro atoms. The lowest BCUT2D eigenvalue weighted by molar-refractivity contribution is 0.182. The Morgan fingerprint density at radius 2 is 2.07 bits per heavy atom. The number of aromatic nitrogens is 4. The van der Waals surface area contributed by atoms with Crippen molar-refractivity contribution in [2.24, 2.45) is 0 Å².